The van der Waals surface area contributed by atoms with Crippen molar-refractivity contribution < 1.29 is 70.6 Å². The summed E-state index contributed by atoms with van der Waals surface area (Å²) < 4.78 is 88.1. The van der Waals surface area contributed by atoms with Gasteiger partial charge in [0.15, 0.2) is 11.6 Å². The number of pyridine rings is 1. The van der Waals surface area contributed by atoms with Crippen LogP contribution in [0.3, 0.4) is 0 Å². The maximum absolute atomic E-state index is 15.0. The number of imide groups is 2. The van der Waals surface area contributed by atoms with Crippen molar-refractivity contribution in [3.63, 3.8) is 0 Å². The third-order valence-electron chi connectivity index (χ3n) is 14.9. The number of anilines is 2. The molecule has 0 unspecified atom stereocenters. The van der Waals surface area contributed by atoms with Crippen LogP contribution in [0.4, 0.5) is 44.2 Å². The van der Waals surface area contributed by atoms with Crippen LogP contribution in [0.5, 0.6) is 0 Å². The summed E-state index contributed by atoms with van der Waals surface area (Å²) in [4.78, 5) is 75.4. The Kier molecular flexibility index (Phi) is 16.9. The third kappa shape index (κ3) is 13.2. The number of hydrogen-bond acceptors (Lipinski definition) is 16. The number of rotatable bonds is 9. The van der Waals surface area contributed by atoms with Gasteiger partial charge in [0.1, 0.15) is 58.3 Å². The van der Waals surface area contributed by atoms with Crippen LogP contribution in [0, 0.1) is 19.7 Å². The topological polar surface area (TPSA) is 234 Å². The third-order valence-corrected chi connectivity index (χ3v) is 14.9. The van der Waals surface area contributed by atoms with E-state index in [2.05, 4.69) is 47.3 Å². The SMILES string of the molecule is C=CC1=C[C@@H](n2cc(C(C)(C)C)c3c(C)nc(N(C(=O)O)C(=O)OC(C)(C)C)nc32)[C@@H]2OC(C)(C)O[C@H]12.Cc1nc(N(C(=O)OC(C)(C)C)C(=O)OC(C)(C)C)nc2c1ccn2[C@@H]1C=C(CCc2cc(C(F)F)c(F)c3ccncc23)[C@H]2OC(C)(C)O[C@H]21. The normalized spacial score (nSPS) is 21.4. The summed E-state index contributed by atoms with van der Waals surface area (Å²) in [6.07, 6.45) is 4.00. The highest BCUT2D eigenvalue weighted by Gasteiger charge is 2.52. The first-order chi connectivity index (χ1) is 40.7. The molecule has 88 heavy (non-hydrogen) atoms. The van der Waals surface area contributed by atoms with E-state index in [1.54, 1.807) is 82.2 Å². The summed E-state index contributed by atoms with van der Waals surface area (Å²) in [5.74, 6) is -3.17. The summed E-state index contributed by atoms with van der Waals surface area (Å²) in [7, 11) is 0. The minimum atomic E-state index is -2.98. The van der Waals surface area contributed by atoms with Gasteiger partial charge in [0.25, 0.3) is 6.43 Å². The van der Waals surface area contributed by atoms with Gasteiger partial charge in [0.2, 0.25) is 11.9 Å². The number of nitrogens with zero attached hydrogens (tertiary/aromatic N) is 9. The van der Waals surface area contributed by atoms with E-state index < -0.39 is 88.8 Å². The zero-order chi connectivity index (χ0) is 64.9. The molecule has 5 aromatic heterocycles. The summed E-state index contributed by atoms with van der Waals surface area (Å²) in [5, 5.41) is 11.9. The van der Waals surface area contributed by atoms with Crippen LogP contribution >= 0.6 is 0 Å². The Morgan fingerprint density at radius 3 is 1.80 bits per heavy atom. The lowest BCUT2D eigenvalue weighted by atomic mass is 9.87. The van der Waals surface area contributed by atoms with Gasteiger partial charge in [0.05, 0.1) is 29.0 Å². The molecule has 10 rings (SSSR count). The quantitative estimate of drug-likeness (QED) is 0.105. The van der Waals surface area contributed by atoms with Crippen LogP contribution in [-0.4, -0.2) is 116 Å². The number of benzene rings is 1. The van der Waals surface area contributed by atoms with Crippen molar-refractivity contribution in [1.29, 1.82) is 0 Å². The molecule has 1 N–H and O–H groups in total. The molecular formula is C64H78F3N9O12. The summed E-state index contributed by atoms with van der Waals surface area (Å²) in [6, 6.07) is 3.70. The number of amides is 4. The molecule has 4 aliphatic rings. The predicted molar refractivity (Wildman–Crippen MR) is 322 cm³/mol. The molecular weight excluding hydrogens is 1140 g/mol. The zero-order valence-corrected chi connectivity index (χ0v) is 53.0. The molecule has 2 aliphatic heterocycles. The van der Waals surface area contributed by atoms with Crippen molar-refractivity contribution in [3.05, 3.63) is 113 Å². The largest absolute Gasteiger partial charge is 0.464 e. The summed E-state index contributed by atoms with van der Waals surface area (Å²) in [6.45, 7) is 36.1. The number of carbonyl (C=O) groups is 4. The van der Waals surface area contributed by atoms with Gasteiger partial charge in [-0.2, -0.15) is 9.97 Å². The van der Waals surface area contributed by atoms with Crippen LogP contribution in [-0.2, 0) is 45.0 Å². The van der Waals surface area contributed by atoms with E-state index in [1.807, 2.05) is 67.4 Å². The smallest absolute Gasteiger partial charge is 0.427 e. The number of hydrogen-bond donors (Lipinski definition) is 1. The van der Waals surface area contributed by atoms with Crippen LogP contribution in [0.2, 0.25) is 0 Å². The van der Waals surface area contributed by atoms with E-state index in [1.165, 1.54) is 24.5 Å². The Balaban J connectivity index is 0.000000221. The fraction of sp³-hybridized carbons (Fsp3) is 0.516. The Morgan fingerprint density at radius 1 is 0.705 bits per heavy atom. The molecule has 1 aromatic carbocycles. The lowest BCUT2D eigenvalue weighted by molar-refractivity contribution is -0.148. The number of halogens is 3. The number of ether oxygens (including phenoxy) is 7. The van der Waals surface area contributed by atoms with E-state index in [-0.39, 0.29) is 40.9 Å². The Labute approximate surface area is 508 Å². The van der Waals surface area contributed by atoms with E-state index in [0.29, 0.717) is 61.7 Å². The molecule has 2 fully saturated rings. The first kappa shape index (κ1) is 64.7. The molecule has 472 valence electrons. The van der Waals surface area contributed by atoms with Crippen LogP contribution < -0.4 is 9.80 Å². The van der Waals surface area contributed by atoms with Gasteiger partial charge in [0, 0.05) is 46.3 Å². The summed E-state index contributed by atoms with van der Waals surface area (Å²) in [5.41, 5.74) is 1.57. The Morgan fingerprint density at radius 2 is 1.24 bits per heavy atom. The second-order valence-electron chi connectivity index (χ2n) is 27.3. The molecule has 0 spiro atoms. The molecule has 2 aliphatic carbocycles. The van der Waals surface area contributed by atoms with Crippen molar-refractivity contribution in [2.75, 3.05) is 9.80 Å². The second-order valence-corrected chi connectivity index (χ2v) is 27.3. The standard InChI is InChI=1S/C37H42F3N5O6.C27H36N4O6/c1-19-22-13-15-44(31(22)43-32(42-19)45(33(46)50-35(2,3)4)34(47)51-36(5,6)7)26-17-21(28-29(26)49-37(8,9)48-28)11-10-20-16-24(30(39)40)27(38)23-12-14-41-18-25(20)23;1-11-15-12-17(20-19(15)35-27(9,10)36-20)30-13-16(25(3,4)5)18-14(2)28-22(29-21(18)30)31(23(32)33)24(34)37-26(6,7)8/h12-18,26,28-30H,10-11H2,1-9H3;11-13,17,19-20H,1H2,2-10H3,(H,32,33)/t26-,28-,29+;17-,19-,20+/m11/s1. The number of aromatic nitrogens is 7. The molecule has 4 amide bonds. The van der Waals surface area contributed by atoms with Gasteiger partial charge < -0.3 is 47.4 Å². The maximum atomic E-state index is 15.0. The van der Waals surface area contributed by atoms with Crippen molar-refractivity contribution >= 4 is 69.1 Å². The number of aryl methyl sites for hydroxylation is 3. The van der Waals surface area contributed by atoms with Crippen molar-refractivity contribution in [3.8, 4) is 0 Å². The Hall–Kier alpha value is -7.80. The lowest BCUT2D eigenvalue weighted by Gasteiger charge is -2.27. The number of carbonyl (C=O) groups excluding carboxylic acids is 3. The molecule has 6 atom stereocenters. The van der Waals surface area contributed by atoms with Gasteiger partial charge >= 0.3 is 24.4 Å². The van der Waals surface area contributed by atoms with Gasteiger partial charge in [-0.15, -0.1) is 9.80 Å². The summed E-state index contributed by atoms with van der Waals surface area (Å²) >= 11 is 0. The highest BCUT2D eigenvalue weighted by molar-refractivity contribution is 6.09. The fourth-order valence-electron chi connectivity index (χ4n) is 11.4. The minimum absolute atomic E-state index is 0.0898. The van der Waals surface area contributed by atoms with E-state index in [9.17, 15) is 37.5 Å². The van der Waals surface area contributed by atoms with Crippen LogP contribution in [0.1, 0.15) is 164 Å². The minimum Gasteiger partial charge on any atom is -0.464 e. The molecule has 2 saturated heterocycles. The molecule has 24 heteroatoms. The zero-order valence-electron chi connectivity index (χ0n) is 53.0. The van der Waals surface area contributed by atoms with Crippen molar-refractivity contribution in [2.24, 2.45) is 0 Å². The molecule has 6 aromatic rings. The van der Waals surface area contributed by atoms with Crippen molar-refractivity contribution in [2.45, 2.75) is 214 Å². The molecule has 21 nitrogen and oxygen atoms in total. The van der Waals surface area contributed by atoms with Crippen LogP contribution in [0.25, 0.3) is 32.8 Å². The van der Waals surface area contributed by atoms with E-state index in [0.717, 1.165) is 22.1 Å². The fourth-order valence-corrected chi connectivity index (χ4v) is 11.4. The van der Waals surface area contributed by atoms with Crippen LogP contribution in [0.15, 0.2) is 78.9 Å². The molecule has 0 bridgehead atoms. The predicted octanol–water partition coefficient (Wildman–Crippen LogP) is 14.3. The number of carboxylic acid groups (broad SMARTS) is 1. The first-order valence-corrected chi connectivity index (χ1v) is 29.0. The van der Waals surface area contributed by atoms with Gasteiger partial charge in [-0.1, -0.05) is 45.6 Å². The highest BCUT2D eigenvalue weighted by atomic mass is 19.3. The average Bonchev–Trinajstić information content (AvgIpc) is 1.67. The van der Waals surface area contributed by atoms with E-state index in [4.69, 9.17) is 38.1 Å². The highest BCUT2D eigenvalue weighted by Crippen LogP contribution is 2.48. The maximum Gasteiger partial charge on any atom is 0.427 e. The number of fused-ring (bicyclic) bond motifs is 5. The molecule has 0 saturated carbocycles. The monoisotopic (exact) mass is 1220 g/mol. The van der Waals surface area contributed by atoms with Gasteiger partial charge in [-0.25, -0.2) is 42.3 Å². The first-order valence-electron chi connectivity index (χ1n) is 29.0. The van der Waals surface area contributed by atoms with Crippen molar-refractivity contribution in [1.82, 2.24) is 34.1 Å². The molecule has 7 heterocycles. The number of alkyl halides is 2. The Bertz CT molecular complexity index is 3820. The van der Waals surface area contributed by atoms with Gasteiger partial charge in [-0.05, 0) is 163 Å². The van der Waals surface area contributed by atoms with Gasteiger partial charge in [-0.3, -0.25) is 4.98 Å². The average molecular weight is 1220 g/mol. The lowest BCUT2D eigenvalue weighted by Crippen LogP contribution is -2.44. The second kappa shape index (κ2) is 23.0. The molecule has 0 radical (unpaired) electrons. The van der Waals surface area contributed by atoms with E-state index >= 15 is 0 Å².